The maximum atomic E-state index is 7.45. The van der Waals surface area contributed by atoms with Gasteiger partial charge >= 0.3 is 0 Å². The van der Waals surface area contributed by atoms with Gasteiger partial charge in [-0.15, -0.1) is 0 Å². The van der Waals surface area contributed by atoms with Crippen LogP contribution in [0.15, 0.2) is 121 Å². The van der Waals surface area contributed by atoms with Crippen LogP contribution >= 0.6 is 0 Å². The molecule has 0 aliphatic carbocycles. The molecular formula is C31H32N2O2. The van der Waals surface area contributed by atoms with E-state index in [1.165, 1.54) is 0 Å². The molecule has 0 spiro atoms. The predicted octanol–water partition coefficient (Wildman–Crippen LogP) is 5.31. The molecule has 4 aromatic carbocycles. The molecule has 1 saturated heterocycles. The highest BCUT2D eigenvalue weighted by Crippen LogP contribution is 2.48. The zero-order chi connectivity index (χ0) is 24.5. The minimum Gasteiger partial charge on any atom is -0.342 e. The van der Waals surface area contributed by atoms with E-state index < -0.39 is 29.1 Å². The van der Waals surface area contributed by atoms with E-state index in [1.807, 2.05) is 135 Å². The zero-order valence-corrected chi connectivity index (χ0v) is 20.2. The van der Waals surface area contributed by atoms with Crippen molar-refractivity contribution in [3.8, 4) is 0 Å². The van der Waals surface area contributed by atoms with Crippen LogP contribution in [0.5, 0.6) is 0 Å². The highest BCUT2D eigenvalue weighted by molar-refractivity contribution is 5.45. The summed E-state index contributed by atoms with van der Waals surface area (Å²) in [6.45, 7) is 3.85. The van der Waals surface area contributed by atoms with Crippen LogP contribution in [0.2, 0.25) is 0 Å². The van der Waals surface area contributed by atoms with Crippen LogP contribution in [0.3, 0.4) is 0 Å². The van der Waals surface area contributed by atoms with Gasteiger partial charge in [-0.2, -0.15) is 0 Å². The van der Waals surface area contributed by atoms with E-state index in [-0.39, 0.29) is 0 Å². The van der Waals surface area contributed by atoms with Gasteiger partial charge in [-0.3, -0.25) is 0 Å². The van der Waals surface area contributed by atoms with E-state index in [4.69, 9.17) is 20.9 Å². The Bertz CT molecular complexity index is 1070. The zero-order valence-electron chi connectivity index (χ0n) is 20.2. The second-order valence-electron chi connectivity index (χ2n) is 9.68. The maximum Gasteiger partial charge on any atom is 0.164 e. The molecule has 1 aliphatic rings. The van der Waals surface area contributed by atoms with Crippen LogP contribution in [-0.4, -0.2) is 18.0 Å². The van der Waals surface area contributed by atoms with Crippen LogP contribution in [0.25, 0.3) is 0 Å². The maximum absolute atomic E-state index is 7.45. The fraction of sp³-hybridized carbons (Fsp3) is 0.226. The first-order valence-corrected chi connectivity index (χ1v) is 12.0. The lowest BCUT2D eigenvalue weighted by molar-refractivity contribution is -0.154. The summed E-state index contributed by atoms with van der Waals surface area (Å²) in [5.74, 6) is -0.891. The third-order valence-electron chi connectivity index (χ3n) is 7.00. The van der Waals surface area contributed by atoms with Crippen LogP contribution in [-0.2, 0) is 20.6 Å². The molecule has 5 rings (SSSR count). The van der Waals surface area contributed by atoms with Crippen molar-refractivity contribution in [2.45, 2.75) is 42.9 Å². The van der Waals surface area contributed by atoms with Gasteiger partial charge in [0.15, 0.2) is 5.79 Å². The van der Waals surface area contributed by atoms with Gasteiger partial charge in [-0.1, -0.05) is 121 Å². The molecule has 0 aromatic heterocycles. The van der Waals surface area contributed by atoms with Crippen molar-refractivity contribution in [2.24, 2.45) is 11.5 Å². The number of rotatable bonds is 6. The summed E-state index contributed by atoms with van der Waals surface area (Å²) in [6.07, 6.45) is -1.18. The van der Waals surface area contributed by atoms with E-state index >= 15 is 0 Å². The van der Waals surface area contributed by atoms with Crippen molar-refractivity contribution in [1.82, 2.24) is 0 Å². The molecule has 4 aromatic rings. The highest BCUT2D eigenvalue weighted by atomic mass is 16.8. The van der Waals surface area contributed by atoms with Gasteiger partial charge in [-0.05, 0) is 36.1 Å². The summed E-state index contributed by atoms with van der Waals surface area (Å²) in [6, 6.07) is 40.3. The van der Waals surface area contributed by atoms with E-state index in [1.54, 1.807) is 0 Å². The van der Waals surface area contributed by atoms with Crippen LogP contribution in [0.1, 0.15) is 36.1 Å². The van der Waals surface area contributed by atoms with E-state index in [0.29, 0.717) is 0 Å². The molecule has 1 aliphatic heterocycles. The van der Waals surface area contributed by atoms with Crippen molar-refractivity contribution in [2.75, 3.05) is 0 Å². The van der Waals surface area contributed by atoms with Gasteiger partial charge in [0.05, 0.1) is 11.1 Å². The van der Waals surface area contributed by atoms with E-state index in [0.717, 1.165) is 22.3 Å². The number of ether oxygens (including phenoxy) is 2. The Hall–Kier alpha value is -3.28. The highest BCUT2D eigenvalue weighted by Gasteiger charge is 2.59. The fourth-order valence-electron chi connectivity index (χ4n) is 5.27. The summed E-state index contributed by atoms with van der Waals surface area (Å²) in [5.41, 5.74) is 16.6. The molecule has 178 valence electrons. The third-order valence-corrected chi connectivity index (χ3v) is 7.00. The second-order valence-corrected chi connectivity index (χ2v) is 9.68. The molecule has 4 nitrogen and oxygen atoms in total. The van der Waals surface area contributed by atoms with E-state index in [9.17, 15) is 0 Å². The summed E-state index contributed by atoms with van der Waals surface area (Å²) >= 11 is 0. The Morgan fingerprint density at radius 2 is 0.714 bits per heavy atom. The number of hydrogen-bond acceptors (Lipinski definition) is 4. The number of hydrogen-bond donors (Lipinski definition) is 2. The summed E-state index contributed by atoms with van der Waals surface area (Å²) in [4.78, 5) is 0. The molecule has 0 bridgehead atoms. The second kappa shape index (κ2) is 9.06. The summed E-state index contributed by atoms with van der Waals surface area (Å²) < 4.78 is 13.4. The Kier molecular flexibility index (Phi) is 6.07. The first-order valence-electron chi connectivity index (χ1n) is 12.0. The van der Waals surface area contributed by atoms with Crippen molar-refractivity contribution in [3.63, 3.8) is 0 Å². The minimum absolute atomic E-state index is 0.590. The van der Waals surface area contributed by atoms with Gasteiger partial charge < -0.3 is 20.9 Å². The molecule has 4 heteroatoms. The van der Waals surface area contributed by atoms with Crippen LogP contribution < -0.4 is 11.5 Å². The molecule has 2 atom stereocenters. The largest absolute Gasteiger partial charge is 0.342 e. The predicted molar refractivity (Wildman–Crippen MR) is 140 cm³/mol. The standard InChI is InChI=1S/C31H32N2O2/c1-29(2)34-27(30(32,23-15-7-3-8-16-23)24-17-9-4-10-18-24)28(35-29)31(33,25-19-11-5-12-20-25)26-21-13-6-14-22-26/h3-22,27-28H,32-33H2,1-2H3/t27-,28-/m0/s1. The Morgan fingerprint density at radius 1 is 0.486 bits per heavy atom. The van der Waals surface area contributed by atoms with Crippen LogP contribution in [0.4, 0.5) is 0 Å². The van der Waals surface area contributed by atoms with Gasteiger partial charge in [-0.25, -0.2) is 0 Å². The first-order chi connectivity index (χ1) is 16.9. The van der Waals surface area contributed by atoms with Crippen LogP contribution in [0, 0.1) is 0 Å². The molecule has 0 radical (unpaired) electrons. The number of benzene rings is 4. The van der Waals surface area contributed by atoms with Gasteiger partial charge in [0.1, 0.15) is 12.2 Å². The van der Waals surface area contributed by atoms with Gasteiger partial charge in [0.25, 0.3) is 0 Å². The monoisotopic (exact) mass is 464 g/mol. The SMILES string of the molecule is CC1(C)O[C@H](C(N)(c2ccccc2)c2ccccc2)[C@@H](C(N)(c2ccccc2)c2ccccc2)O1. The Morgan fingerprint density at radius 3 is 0.943 bits per heavy atom. The van der Waals surface area contributed by atoms with Crippen molar-refractivity contribution in [1.29, 1.82) is 0 Å². The first kappa shape index (κ1) is 23.5. The average molecular weight is 465 g/mol. The molecule has 4 N–H and O–H groups in total. The van der Waals surface area contributed by atoms with Crippen molar-refractivity contribution in [3.05, 3.63) is 144 Å². The summed E-state index contributed by atoms with van der Waals surface area (Å²) in [5, 5.41) is 0. The molecule has 35 heavy (non-hydrogen) atoms. The average Bonchev–Trinajstić information content (AvgIpc) is 3.26. The lowest BCUT2D eigenvalue weighted by atomic mass is 9.69. The summed E-state index contributed by atoms with van der Waals surface area (Å²) in [7, 11) is 0. The Labute approximate surface area is 207 Å². The molecule has 1 heterocycles. The molecule has 0 unspecified atom stereocenters. The minimum atomic E-state index is -1.02. The molecule has 1 fully saturated rings. The lowest BCUT2D eigenvalue weighted by Gasteiger charge is -2.44. The molecular weight excluding hydrogens is 432 g/mol. The third kappa shape index (κ3) is 4.09. The van der Waals surface area contributed by atoms with E-state index in [2.05, 4.69) is 0 Å². The smallest absolute Gasteiger partial charge is 0.164 e. The van der Waals surface area contributed by atoms with Crippen molar-refractivity contribution < 1.29 is 9.47 Å². The Balaban J connectivity index is 1.76. The molecule has 0 amide bonds. The lowest BCUT2D eigenvalue weighted by Crippen LogP contribution is -2.61. The van der Waals surface area contributed by atoms with Crippen molar-refractivity contribution >= 4 is 0 Å². The fourth-order valence-corrected chi connectivity index (χ4v) is 5.27. The number of nitrogens with two attached hydrogens (primary N) is 2. The normalized spacial score (nSPS) is 20.0. The molecule has 0 saturated carbocycles. The van der Waals surface area contributed by atoms with Gasteiger partial charge in [0, 0.05) is 0 Å². The van der Waals surface area contributed by atoms with Gasteiger partial charge in [0.2, 0.25) is 0 Å². The quantitative estimate of drug-likeness (QED) is 0.406. The topological polar surface area (TPSA) is 70.5 Å².